The first-order chi connectivity index (χ1) is 15.8. The Morgan fingerprint density at radius 2 is 1.82 bits per heavy atom. The number of alkyl halides is 3. The van der Waals surface area contributed by atoms with Crippen LogP contribution in [0.3, 0.4) is 0 Å². The molecule has 0 radical (unpaired) electrons. The Hall–Kier alpha value is -3.49. The number of fused-ring (bicyclic) bond motifs is 1. The number of hydrazone groups is 1. The van der Waals surface area contributed by atoms with Gasteiger partial charge in [-0.25, -0.2) is 5.01 Å². The Morgan fingerprint density at radius 1 is 1.09 bits per heavy atom. The second-order valence-electron chi connectivity index (χ2n) is 9.56. The Balaban J connectivity index is 1.67. The number of nitrogens with one attached hydrogen (secondary N) is 1. The van der Waals surface area contributed by atoms with E-state index in [-0.39, 0.29) is 11.7 Å². The van der Waals surface area contributed by atoms with Crippen molar-refractivity contribution in [3.63, 3.8) is 0 Å². The summed E-state index contributed by atoms with van der Waals surface area (Å²) in [5.41, 5.74) is 1.02. The maximum Gasteiger partial charge on any atom is 0.418 e. The highest BCUT2D eigenvalue weighted by Crippen LogP contribution is 2.40. The normalized spacial score (nSPS) is 20.1. The molecule has 0 saturated heterocycles. The van der Waals surface area contributed by atoms with Crippen LogP contribution in [0, 0.1) is 12.3 Å². The number of anilines is 1. The number of aromatic nitrogens is 1. The maximum absolute atomic E-state index is 13.6. The molecule has 2 aromatic rings. The van der Waals surface area contributed by atoms with E-state index in [2.05, 4.69) is 10.3 Å². The molecule has 9 heteroatoms. The van der Waals surface area contributed by atoms with Crippen molar-refractivity contribution in [1.29, 1.82) is 0 Å². The number of hydrogen-bond donors (Lipinski definition) is 1. The van der Waals surface area contributed by atoms with Gasteiger partial charge in [0.05, 0.1) is 29.0 Å². The molecule has 0 fully saturated rings. The van der Waals surface area contributed by atoms with Gasteiger partial charge in [0, 0.05) is 11.6 Å². The van der Waals surface area contributed by atoms with Gasteiger partial charge in [-0.2, -0.15) is 18.3 Å². The molecule has 178 valence electrons. The third kappa shape index (κ3) is 4.60. The number of carbonyl (C=O) groups is 1. The minimum Gasteiger partial charge on any atom is -0.325 e. The quantitative estimate of drug-likeness (QED) is 0.644. The Bertz CT molecular complexity index is 1220. The number of aryl methyl sites for hydroxylation is 1. The zero-order chi connectivity index (χ0) is 24.8. The van der Waals surface area contributed by atoms with E-state index in [1.807, 2.05) is 38.1 Å². The number of amidine groups is 1. The Labute approximate surface area is 196 Å². The number of allylic oxidation sites excluding steroid dienone is 1. The van der Waals surface area contributed by atoms with Gasteiger partial charge in [-0.05, 0) is 61.4 Å². The molecule has 6 nitrogen and oxygen atoms in total. The van der Waals surface area contributed by atoms with Crippen molar-refractivity contribution in [1.82, 2.24) is 9.99 Å². The molecule has 34 heavy (non-hydrogen) atoms. The lowest BCUT2D eigenvalue weighted by Gasteiger charge is -2.25. The first-order valence-corrected chi connectivity index (χ1v) is 10.9. The largest absolute Gasteiger partial charge is 0.418 e. The number of halogens is 3. The number of aliphatic imine (C=N–C) groups is 1. The first-order valence-electron chi connectivity index (χ1n) is 10.9. The van der Waals surface area contributed by atoms with Gasteiger partial charge in [0.1, 0.15) is 11.5 Å². The van der Waals surface area contributed by atoms with Crippen LogP contribution in [0.2, 0.25) is 0 Å². The van der Waals surface area contributed by atoms with Gasteiger partial charge in [-0.1, -0.05) is 26.8 Å². The average molecular weight is 470 g/mol. The predicted octanol–water partition coefficient (Wildman–Crippen LogP) is 5.51. The van der Waals surface area contributed by atoms with Crippen molar-refractivity contribution in [2.45, 2.75) is 52.9 Å². The standard InChI is InChI=1S/C25H26F3N5O/c1-14-10-11-29-20(12-14)18-8-9-21-31-22(15(2)33(21)32-18)16-6-7-17(25(26,27)28)19(13-16)30-23(34)24(3,4)5/h6-13,15,22H,1-5H3,(H,30,34). The molecule has 2 unspecified atom stereocenters. The summed E-state index contributed by atoms with van der Waals surface area (Å²) < 4.78 is 40.9. The van der Waals surface area contributed by atoms with Crippen molar-refractivity contribution < 1.29 is 18.0 Å². The van der Waals surface area contributed by atoms with Crippen molar-refractivity contribution in [3.05, 3.63) is 71.1 Å². The third-order valence-corrected chi connectivity index (χ3v) is 5.75. The summed E-state index contributed by atoms with van der Waals surface area (Å²) in [5, 5.41) is 8.91. The minimum absolute atomic E-state index is 0.248. The van der Waals surface area contributed by atoms with E-state index in [9.17, 15) is 18.0 Å². The van der Waals surface area contributed by atoms with E-state index < -0.39 is 29.1 Å². The monoisotopic (exact) mass is 469 g/mol. The molecular formula is C25H26F3N5O. The number of amides is 1. The van der Waals surface area contributed by atoms with Gasteiger partial charge in [-0.3, -0.25) is 14.8 Å². The van der Waals surface area contributed by atoms with E-state index in [4.69, 9.17) is 10.1 Å². The van der Waals surface area contributed by atoms with Crippen LogP contribution in [0.15, 0.2) is 58.8 Å². The second-order valence-corrected chi connectivity index (χ2v) is 9.56. The van der Waals surface area contributed by atoms with Crippen LogP contribution < -0.4 is 5.32 Å². The molecule has 0 aliphatic carbocycles. The molecule has 1 aromatic carbocycles. The molecule has 2 atom stereocenters. The van der Waals surface area contributed by atoms with Crippen LogP contribution >= 0.6 is 0 Å². The van der Waals surface area contributed by atoms with E-state index in [1.54, 1.807) is 32.0 Å². The predicted molar refractivity (Wildman–Crippen MR) is 126 cm³/mol. The van der Waals surface area contributed by atoms with E-state index in [0.29, 0.717) is 17.1 Å². The molecule has 1 N–H and O–H groups in total. The molecule has 4 rings (SSSR count). The van der Waals surface area contributed by atoms with Gasteiger partial charge < -0.3 is 5.32 Å². The number of benzene rings is 1. The number of carbonyl (C=O) groups excluding carboxylic acids is 1. The van der Waals surface area contributed by atoms with Crippen LogP contribution in [0.1, 0.15) is 56.1 Å². The van der Waals surface area contributed by atoms with Crippen LogP contribution in [-0.4, -0.2) is 33.5 Å². The van der Waals surface area contributed by atoms with E-state index >= 15 is 0 Å². The number of nitrogens with zero attached hydrogens (tertiary/aromatic N) is 4. The summed E-state index contributed by atoms with van der Waals surface area (Å²) in [6, 6.07) is 6.91. The highest BCUT2D eigenvalue weighted by Gasteiger charge is 2.38. The molecule has 0 spiro atoms. The van der Waals surface area contributed by atoms with Crippen LogP contribution in [0.5, 0.6) is 0 Å². The molecule has 0 bridgehead atoms. The van der Waals surface area contributed by atoms with Crippen LogP contribution in [-0.2, 0) is 11.0 Å². The highest BCUT2D eigenvalue weighted by molar-refractivity contribution is 6.13. The summed E-state index contributed by atoms with van der Waals surface area (Å²) in [6.07, 6.45) is 0.770. The fourth-order valence-corrected chi connectivity index (χ4v) is 3.79. The zero-order valence-electron chi connectivity index (χ0n) is 19.6. The zero-order valence-corrected chi connectivity index (χ0v) is 19.6. The average Bonchev–Trinajstić information content (AvgIpc) is 3.08. The van der Waals surface area contributed by atoms with Gasteiger partial charge in [-0.15, -0.1) is 0 Å². The van der Waals surface area contributed by atoms with Crippen molar-refractivity contribution in [2.75, 3.05) is 5.32 Å². The summed E-state index contributed by atoms with van der Waals surface area (Å²) in [4.78, 5) is 21.5. The van der Waals surface area contributed by atoms with Crippen LogP contribution in [0.4, 0.5) is 18.9 Å². The lowest BCUT2D eigenvalue weighted by Crippen LogP contribution is -2.33. The Kier molecular flexibility index (Phi) is 5.83. The van der Waals surface area contributed by atoms with Gasteiger partial charge >= 0.3 is 6.18 Å². The number of hydrogen-bond acceptors (Lipinski definition) is 5. The molecule has 1 aromatic heterocycles. The lowest BCUT2D eigenvalue weighted by atomic mass is 9.94. The third-order valence-electron chi connectivity index (χ3n) is 5.75. The van der Waals surface area contributed by atoms with Crippen LogP contribution in [0.25, 0.3) is 0 Å². The smallest absolute Gasteiger partial charge is 0.325 e. The summed E-state index contributed by atoms with van der Waals surface area (Å²) in [7, 11) is 0. The first kappa shape index (κ1) is 23.7. The molecule has 2 aliphatic heterocycles. The summed E-state index contributed by atoms with van der Waals surface area (Å²) >= 11 is 0. The molecule has 2 aliphatic rings. The molecule has 3 heterocycles. The Morgan fingerprint density at radius 3 is 2.47 bits per heavy atom. The lowest BCUT2D eigenvalue weighted by molar-refractivity contribution is -0.137. The van der Waals surface area contributed by atoms with Gasteiger partial charge in [0.15, 0.2) is 0 Å². The topological polar surface area (TPSA) is 70.0 Å². The van der Waals surface area contributed by atoms with Crippen molar-refractivity contribution in [2.24, 2.45) is 15.5 Å². The second kappa shape index (κ2) is 8.38. The SMILES string of the molecule is Cc1ccnc(C2=NN3C(=NC(c4ccc(C(F)(F)F)c(NC(=O)C(C)(C)C)c4)C3C)C=C2)c1. The molecular weight excluding hydrogens is 443 g/mol. The number of pyridine rings is 1. The van der Waals surface area contributed by atoms with E-state index in [0.717, 1.165) is 17.3 Å². The highest BCUT2D eigenvalue weighted by atomic mass is 19.4. The molecule has 0 saturated carbocycles. The van der Waals surface area contributed by atoms with E-state index in [1.165, 1.54) is 12.1 Å². The molecule has 1 amide bonds. The van der Waals surface area contributed by atoms with Gasteiger partial charge in [0.25, 0.3) is 0 Å². The summed E-state index contributed by atoms with van der Waals surface area (Å²) in [5.74, 6) is 0.121. The fraction of sp³-hybridized carbons (Fsp3) is 0.360. The number of rotatable bonds is 3. The maximum atomic E-state index is 13.6. The summed E-state index contributed by atoms with van der Waals surface area (Å²) in [6.45, 7) is 8.82. The van der Waals surface area contributed by atoms with Gasteiger partial charge in [0.2, 0.25) is 5.91 Å². The minimum atomic E-state index is -4.60. The fourth-order valence-electron chi connectivity index (χ4n) is 3.79. The van der Waals surface area contributed by atoms with Crippen molar-refractivity contribution in [3.8, 4) is 0 Å². The van der Waals surface area contributed by atoms with Crippen molar-refractivity contribution >= 4 is 23.1 Å².